The van der Waals surface area contributed by atoms with E-state index in [0.29, 0.717) is 16.9 Å². The second-order valence-corrected chi connectivity index (χ2v) is 17.2. The van der Waals surface area contributed by atoms with E-state index < -0.39 is 16.3 Å². The maximum absolute atomic E-state index is 12.9. The predicted octanol–water partition coefficient (Wildman–Crippen LogP) is 7.77. The average molecular weight is 681 g/mol. The number of benzene rings is 4. The van der Waals surface area contributed by atoms with Crippen molar-refractivity contribution < 1.29 is 23.0 Å². The number of fused-ring (bicyclic) bond motifs is 2. The van der Waals surface area contributed by atoms with E-state index in [2.05, 4.69) is 66.8 Å². The minimum atomic E-state index is -3.64. The molecular weight excluding hydrogens is 633 g/mol. The van der Waals surface area contributed by atoms with Crippen LogP contribution in [0.25, 0.3) is 11.1 Å². The van der Waals surface area contributed by atoms with Crippen molar-refractivity contribution in [2.24, 2.45) is 10.8 Å². The number of rotatable bonds is 10. The molecule has 2 N–H and O–H groups in total. The number of likely N-dealkylation sites (tertiary alicyclic amines) is 1. The molecule has 2 heterocycles. The van der Waals surface area contributed by atoms with Crippen molar-refractivity contribution in [3.8, 4) is 11.1 Å². The van der Waals surface area contributed by atoms with E-state index in [4.69, 9.17) is 9.47 Å². The molecular formula is C41H48N2O5S. The Kier molecular flexibility index (Phi) is 9.56. The summed E-state index contributed by atoms with van der Waals surface area (Å²) in [5, 5.41) is 9.61. The zero-order valence-electron chi connectivity index (χ0n) is 28.7. The Hall–Kier alpha value is -3.37. The lowest BCUT2D eigenvalue weighted by atomic mass is 9.65. The van der Waals surface area contributed by atoms with Gasteiger partial charge in [0.15, 0.2) is 6.29 Å². The number of ether oxygens (including phenoxy) is 2. The fourth-order valence-electron chi connectivity index (χ4n) is 8.72. The summed E-state index contributed by atoms with van der Waals surface area (Å²) in [5.74, 6) is 0. The number of aliphatic hydroxyl groups is 1. The van der Waals surface area contributed by atoms with Crippen molar-refractivity contribution in [1.29, 1.82) is 0 Å². The molecule has 2 saturated heterocycles. The Labute approximate surface area is 291 Å². The van der Waals surface area contributed by atoms with Crippen LogP contribution in [0.1, 0.15) is 81.1 Å². The van der Waals surface area contributed by atoms with Crippen LogP contribution in [0, 0.1) is 10.8 Å². The Morgan fingerprint density at radius 3 is 2.27 bits per heavy atom. The molecule has 3 fully saturated rings. The molecule has 7 nitrogen and oxygen atoms in total. The molecule has 0 radical (unpaired) electrons. The lowest BCUT2D eigenvalue weighted by Crippen LogP contribution is -2.42. The van der Waals surface area contributed by atoms with Crippen LogP contribution >= 0.6 is 0 Å². The van der Waals surface area contributed by atoms with Gasteiger partial charge >= 0.3 is 0 Å². The molecule has 3 aliphatic rings. The van der Waals surface area contributed by atoms with E-state index >= 15 is 0 Å². The molecule has 1 aliphatic carbocycles. The number of nitrogens with zero attached hydrogens (tertiary/aromatic N) is 1. The average Bonchev–Trinajstić information content (AvgIpc) is 3.34. The van der Waals surface area contributed by atoms with Crippen molar-refractivity contribution in [3.63, 3.8) is 0 Å². The maximum atomic E-state index is 12.9. The molecule has 2 aliphatic heterocycles. The van der Waals surface area contributed by atoms with Gasteiger partial charge in [-0.2, -0.15) is 0 Å². The Bertz CT molecular complexity index is 1850. The minimum Gasteiger partial charge on any atom is -0.392 e. The number of sulfonamides is 1. The second-order valence-electron chi connectivity index (χ2n) is 15.4. The zero-order chi connectivity index (χ0) is 34.2. The number of nitrogens with one attached hydrogen (secondary N) is 1. The van der Waals surface area contributed by atoms with E-state index in [9.17, 15) is 13.5 Å². The van der Waals surface area contributed by atoms with Gasteiger partial charge < -0.3 is 14.6 Å². The van der Waals surface area contributed by atoms with Crippen LogP contribution in [-0.2, 0) is 32.6 Å². The van der Waals surface area contributed by atoms with E-state index in [1.807, 2.05) is 36.4 Å². The van der Waals surface area contributed by atoms with Gasteiger partial charge in [-0.1, -0.05) is 112 Å². The first-order chi connectivity index (χ1) is 23.5. The van der Waals surface area contributed by atoms with E-state index in [-0.39, 0.29) is 30.3 Å². The van der Waals surface area contributed by atoms with Crippen LogP contribution in [0.3, 0.4) is 0 Å². The number of hydrogen-bond donors (Lipinski definition) is 2. The highest BCUT2D eigenvalue weighted by atomic mass is 32.2. The topological polar surface area (TPSA) is 88.1 Å². The largest absolute Gasteiger partial charge is 0.392 e. The van der Waals surface area contributed by atoms with Crippen molar-refractivity contribution in [2.45, 2.75) is 89.0 Å². The summed E-state index contributed by atoms with van der Waals surface area (Å²) in [6.07, 6.45) is 3.84. The molecule has 0 spiro atoms. The summed E-state index contributed by atoms with van der Waals surface area (Å²) in [7, 11) is -3.64. The highest BCUT2D eigenvalue weighted by Crippen LogP contribution is 2.53. The lowest BCUT2D eigenvalue weighted by molar-refractivity contribution is -0.253. The highest BCUT2D eigenvalue weighted by Gasteiger charge is 2.50. The molecule has 5 atom stereocenters. The van der Waals surface area contributed by atoms with E-state index in [1.54, 1.807) is 30.3 Å². The monoisotopic (exact) mass is 680 g/mol. The number of hydrogen-bond acceptors (Lipinski definition) is 6. The van der Waals surface area contributed by atoms with Crippen LogP contribution in [0.4, 0.5) is 0 Å². The third-order valence-electron chi connectivity index (χ3n) is 10.6. The predicted molar refractivity (Wildman–Crippen MR) is 192 cm³/mol. The van der Waals surface area contributed by atoms with Gasteiger partial charge in [-0.15, -0.1) is 0 Å². The van der Waals surface area contributed by atoms with Crippen LogP contribution < -0.4 is 4.72 Å². The molecule has 8 heteroatoms. The molecule has 4 aromatic carbocycles. The van der Waals surface area contributed by atoms with Crippen molar-refractivity contribution in [1.82, 2.24) is 9.62 Å². The quantitative estimate of drug-likeness (QED) is 0.178. The molecule has 1 saturated carbocycles. The minimum absolute atomic E-state index is 0.00497. The smallest absolute Gasteiger partial charge is 0.240 e. The number of aliphatic hydroxyl groups excluding tert-OH is 1. The second kappa shape index (κ2) is 13.7. The molecule has 0 aromatic heterocycles. The third-order valence-corrected chi connectivity index (χ3v) is 12.0. The van der Waals surface area contributed by atoms with Gasteiger partial charge in [-0.3, -0.25) is 4.90 Å². The first-order valence-electron chi connectivity index (χ1n) is 17.5. The zero-order valence-corrected chi connectivity index (χ0v) is 29.5. The van der Waals surface area contributed by atoms with Crippen molar-refractivity contribution >= 4 is 10.0 Å². The molecule has 4 aromatic rings. The van der Waals surface area contributed by atoms with Gasteiger partial charge in [-0.05, 0) is 70.0 Å². The summed E-state index contributed by atoms with van der Waals surface area (Å²) in [6.45, 7) is 9.47. The standard InChI is InChI=1S/C41H48N2O5S/c1-40(2)22-34-23-41(3,27-40)28-43(34)25-35-21-38(31-15-13-29(26-44)14-16-31)48-39(47-35)32-19-17-30(18-20-32)37-12-8-7-9-33(37)24-42-49(45,46)36-10-5-4-6-11-36/h4-20,34-35,38-39,42,44H,21-28H2,1-3H3/t34?,35-,38+,39+,41?/m0/s1. The maximum Gasteiger partial charge on any atom is 0.240 e. The van der Waals surface area contributed by atoms with E-state index in [0.717, 1.165) is 52.9 Å². The van der Waals surface area contributed by atoms with Crippen LogP contribution in [0.15, 0.2) is 108 Å². The summed E-state index contributed by atoms with van der Waals surface area (Å²) >= 11 is 0. The van der Waals surface area contributed by atoms with Gasteiger partial charge in [0, 0.05) is 37.7 Å². The summed E-state index contributed by atoms with van der Waals surface area (Å²) in [4.78, 5) is 2.93. The Morgan fingerprint density at radius 1 is 0.837 bits per heavy atom. The first-order valence-corrected chi connectivity index (χ1v) is 19.0. The van der Waals surface area contributed by atoms with E-state index in [1.165, 1.54) is 19.3 Å². The first kappa shape index (κ1) is 34.1. The SMILES string of the molecule is CC1(C)CC2CC(C)(CN2C[C@@H]2C[C@H](c3ccc(CO)cc3)O[C@H](c3ccc(-c4ccccc4CNS(=O)(=O)c4ccccc4)cc3)O2)C1. The Balaban J connectivity index is 1.10. The van der Waals surface area contributed by atoms with Gasteiger partial charge in [0.1, 0.15) is 0 Å². The molecule has 2 bridgehead atoms. The molecule has 0 amide bonds. The van der Waals surface area contributed by atoms with Crippen molar-refractivity contribution in [2.75, 3.05) is 13.1 Å². The molecule has 2 unspecified atom stereocenters. The Morgan fingerprint density at radius 2 is 1.53 bits per heavy atom. The highest BCUT2D eigenvalue weighted by molar-refractivity contribution is 7.89. The van der Waals surface area contributed by atoms with Crippen molar-refractivity contribution in [3.05, 3.63) is 125 Å². The lowest BCUT2D eigenvalue weighted by Gasteiger charge is -2.41. The summed E-state index contributed by atoms with van der Waals surface area (Å²) in [6, 6.07) is 33.2. The van der Waals surface area contributed by atoms with Gasteiger partial charge in [0.25, 0.3) is 0 Å². The molecule has 258 valence electrons. The molecule has 49 heavy (non-hydrogen) atoms. The van der Waals surface area contributed by atoms with Gasteiger partial charge in [0.05, 0.1) is 23.7 Å². The normalized spacial score (nSPS) is 26.9. The van der Waals surface area contributed by atoms with Crippen LogP contribution in [0.2, 0.25) is 0 Å². The fraction of sp³-hybridized carbons (Fsp3) is 0.415. The van der Waals surface area contributed by atoms with Gasteiger partial charge in [-0.25, -0.2) is 13.1 Å². The van der Waals surface area contributed by atoms with Gasteiger partial charge in [0.2, 0.25) is 10.0 Å². The fourth-order valence-corrected chi connectivity index (χ4v) is 9.74. The van der Waals surface area contributed by atoms with Crippen LogP contribution in [0.5, 0.6) is 0 Å². The third kappa shape index (κ3) is 7.70. The molecule has 7 rings (SSSR count). The summed E-state index contributed by atoms with van der Waals surface area (Å²) < 4.78 is 42.0. The van der Waals surface area contributed by atoms with Crippen LogP contribution in [-0.4, -0.2) is 43.7 Å². The summed E-state index contributed by atoms with van der Waals surface area (Å²) in [5.41, 5.74) is 6.47.